The number of nitrogens with zero attached hydrogens (tertiary/aromatic N) is 2. The van der Waals surface area contributed by atoms with Gasteiger partial charge < -0.3 is 5.73 Å². The smallest absolute Gasteiger partial charge is 0.0568 e. The fraction of sp³-hybridized carbons (Fsp3) is 0.231. The monoisotopic (exact) mass is 213 g/mol. The average molecular weight is 213 g/mol. The van der Waals surface area contributed by atoms with Crippen molar-refractivity contribution in [3.63, 3.8) is 0 Å². The van der Waals surface area contributed by atoms with Gasteiger partial charge in [0.2, 0.25) is 0 Å². The zero-order valence-corrected chi connectivity index (χ0v) is 9.51. The van der Waals surface area contributed by atoms with Crippen LogP contribution in [0.25, 0.3) is 0 Å². The lowest BCUT2D eigenvalue weighted by atomic mass is 9.98. The van der Waals surface area contributed by atoms with Gasteiger partial charge in [-0.2, -0.15) is 10.2 Å². The molecule has 0 spiro atoms. The molecule has 0 radical (unpaired) electrons. The molecule has 2 aromatic rings. The molecule has 0 saturated heterocycles. The summed E-state index contributed by atoms with van der Waals surface area (Å²) in [5.41, 5.74) is 10.7. The van der Waals surface area contributed by atoms with Crippen molar-refractivity contribution >= 4 is 0 Å². The third-order valence-corrected chi connectivity index (χ3v) is 2.57. The average Bonchev–Trinajstić information content (AvgIpc) is 2.28. The Morgan fingerprint density at radius 2 is 1.69 bits per heavy atom. The molecule has 0 saturated carbocycles. The quantitative estimate of drug-likeness (QED) is 0.831. The molecule has 1 atom stereocenters. The van der Waals surface area contributed by atoms with Crippen molar-refractivity contribution in [1.29, 1.82) is 0 Å². The first-order valence-corrected chi connectivity index (χ1v) is 5.27. The third-order valence-electron chi connectivity index (χ3n) is 2.57. The van der Waals surface area contributed by atoms with E-state index in [1.165, 1.54) is 11.1 Å². The number of aromatic nitrogens is 2. The van der Waals surface area contributed by atoms with Gasteiger partial charge in [-0.25, -0.2) is 0 Å². The third kappa shape index (κ3) is 2.25. The van der Waals surface area contributed by atoms with Gasteiger partial charge in [0.25, 0.3) is 0 Å². The Morgan fingerprint density at radius 3 is 2.25 bits per heavy atom. The van der Waals surface area contributed by atoms with Gasteiger partial charge >= 0.3 is 0 Å². The van der Waals surface area contributed by atoms with Gasteiger partial charge in [0.05, 0.1) is 12.2 Å². The molecule has 0 fully saturated rings. The van der Waals surface area contributed by atoms with E-state index in [0.29, 0.717) is 0 Å². The van der Waals surface area contributed by atoms with Crippen molar-refractivity contribution in [1.82, 2.24) is 10.2 Å². The summed E-state index contributed by atoms with van der Waals surface area (Å²) in [6.07, 6.45) is 3.38. The summed E-state index contributed by atoms with van der Waals surface area (Å²) in [4.78, 5) is 0. The maximum atomic E-state index is 6.19. The molecule has 16 heavy (non-hydrogen) atoms. The highest BCUT2D eigenvalue weighted by molar-refractivity contribution is 5.35. The molecule has 0 aliphatic rings. The number of hydrogen-bond donors (Lipinski definition) is 1. The van der Waals surface area contributed by atoms with Crippen LogP contribution in [0.2, 0.25) is 0 Å². The predicted molar refractivity (Wildman–Crippen MR) is 64.0 cm³/mol. The highest BCUT2D eigenvalue weighted by Crippen LogP contribution is 2.20. The summed E-state index contributed by atoms with van der Waals surface area (Å²) < 4.78 is 0. The topological polar surface area (TPSA) is 51.8 Å². The molecule has 2 N–H and O–H groups in total. The van der Waals surface area contributed by atoms with E-state index in [1.807, 2.05) is 6.07 Å². The number of hydrogen-bond acceptors (Lipinski definition) is 3. The van der Waals surface area contributed by atoms with Gasteiger partial charge in [0.15, 0.2) is 0 Å². The second-order valence-electron chi connectivity index (χ2n) is 4.07. The van der Waals surface area contributed by atoms with Gasteiger partial charge in [-0.3, -0.25) is 0 Å². The maximum Gasteiger partial charge on any atom is 0.0568 e. The van der Waals surface area contributed by atoms with Gasteiger partial charge in [0.1, 0.15) is 0 Å². The first-order chi connectivity index (χ1) is 7.66. The standard InChI is InChI=1S/C13H15N3/c1-9-5-10(2)7-12(6-9)13(14)11-3-4-15-16-8-11/h3-8,13H,14H2,1-2H3. The van der Waals surface area contributed by atoms with Crippen LogP contribution in [0.3, 0.4) is 0 Å². The van der Waals surface area contributed by atoms with Crippen molar-refractivity contribution in [2.75, 3.05) is 0 Å². The first kappa shape index (κ1) is 10.8. The van der Waals surface area contributed by atoms with E-state index in [0.717, 1.165) is 11.1 Å². The minimum absolute atomic E-state index is 0.130. The number of aryl methyl sites for hydroxylation is 2. The van der Waals surface area contributed by atoms with Crippen LogP contribution in [-0.4, -0.2) is 10.2 Å². The Labute approximate surface area is 95.3 Å². The van der Waals surface area contributed by atoms with Crippen LogP contribution in [0.1, 0.15) is 28.3 Å². The zero-order valence-electron chi connectivity index (χ0n) is 9.51. The van der Waals surface area contributed by atoms with Crippen molar-refractivity contribution in [2.45, 2.75) is 19.9 Å². The second-order valence-corrected chi connectivity index (χ2v) is 4.07. The number of rotatable bonds is 2. The van der Waals surface area contributed by atoms with E-state index in [2.05, 4.69) is 42.2 Å². The Bertz CT molecular complexity index is 460. The number of nitrogens with two attached hydrogens (primary N) is 1. The van der Waals surface area contributed by atoms with Crippen LogP contribution in [0.4, 0.5) is 0 Å². The van der Waals surface area contributed by atoms with Crippen LogP contribution >= 0.6 is 0 Å². The molecule has 1 unspecified atom stereocenters. The SMILES string of the molecule is Cc1cc(C)cc(C(N)c2ccnnc2)c1. The lowest BCUT2D eigenvalue weighted by molar-refractivity contribution is 0.843. The molecule has 0 bridgehead atoms. The molecule has 0 amide bonds. The highest BCUT2D eigenvalue weighted by Gasteiger charge is 2.09. The Morgan fingerprint density at radius 1 is 1.00 bits per heavy atom. The van der Waals surface area contributed by atoms with Gasteiger partial charge in [-0.05, 0) is 31.0 Å². The molecule has 0 aliphatic heterocycles. The zero-order chi connectivity index (χ0) is 11.5. The molecule has 2 rings (SSSR count). The first-order valence-electron chi connectivity index (χ1n) is 5.27. The summed E-state index contributed by atoms with van der Waals surface area (Å²) in [7, 11) is 0. The predicted octanol–water partition coefficient (Wildman–Crippen LogP) is 2.14. The maximum absolute atomic E-state index is 6.19. The highest BCUT2D eigenvalue weighted by atomic mass is 15.1. The lowest BCUT2D eigenvalue weighted by Gasteiger charge is -2.13. The van der Waals surface area contributed by atoms with Crippen LogP contribution in [0, 0.1) is 13.8 Å². The molecule has 3 nitrogen and oxygen atoms in total. The Hall–Kier alpha value is -1.74. The van der Waals surface area contributed by atoms with Crippen molar-refractivity contribution in [3.8, 4) is 0 Å². The molecule has 1 aromatic heterocycles. The van der Waals surface area contributed by atoms with Crippen molar-refractivity contribution < 1.29 is 0 Å². The fourth-order valence-electron chi connectivity index (χ4n) is 1.87. The summed E-state index contributed by atoms with van der Waals surface area (Å²) >= 11 is 0. The molecule has 82 valence electrons. The molecular formula is C13H15N3. The van der Waals surface area contributed by atoms with Crippen LogP contribution in [0.5, 0.6) is 0 Å². The van der Waals surface area contributed by atoms with Gasteiger partial charge in [0, 0.05) is 6.20 Å². The van der Waals surface area contributed by atoms with E-state index in [1.54, 1.807) is 12.4 Å². The molecule has 0 aliphatic carbocycles. The minimum atomic E-state index is -0.130. The summed E-state index contributed by atoms with van der Waals surface area (Å²) in [6, 6.07) is 8.13. The van der Waals surface area contributed by atoms with Gasteiger partial charge in [-0.15, -0.1) is 0 Å². The van der Waals surface area contributed by atoms with Crippen molar-refractivity contribution in [3.05, 3.63) is 58.9 Å². The van der Waals surface area contributed by atoms with E-state index in [9.17, 15) is 0 Å². The van der Waals surface area contributed by atoms with E-state index in [-0.39, 0.29) is 6.04 Å². The normalized spacial score (nSPS) is 12.4. The summed E-state index contributed by atoms with van der Waals surface area (Å²) in [5.74, 6) is 0. The van der Waals surface area contributed by atoms with Crippen LogP contribution < -0.4 is 5.73 Å². The second kappa shape index (κ2) is 4.41. The summed E-state index contributed by atoms with van der Waals surface area (Å²) in [5, 5.41) is 7.60. The van der Waals surface area contributed by atoms with Crippen LogP contribution in [-0.2, 0) is 0 Å². The Kier molecular flexibility index (Phi) is 2.97. The Balaban J connectivity index is 2.37. The molecule has 1 aromatic carbocycles. The lowest BCUT2D eigenvalue weighted by Crippen LogP contribution is -2.12. The van der Waals surface area contributed by atoms with Gasteiger partial charge in [-0.1, -0.05) is 29.3 Å². The summed E-state index contributed by atoms with van der Waals surface area (Å²) in [6.45, 7) is 4.15. The van der Waals surface area contributed by atoms with Crippen molar-refractivity contribution in [2.24, 2.45) is 5.73 Å². The molecular weight excluding hydrogens is 198 g/mol. The number of benzene rings is 1. The van der Waals surface area contributed by atoms with E-state index >= 15 is 0 Å². The molecule has 3 heteroatoms. The fourth-order valence-corrected chi connectivity index (χ4v) is 1.87. The van der Waals surface area contributed by atoms with Crippen LogP contribution in [0.15, 0.2) is 36.7 Å². The molecule has 1 heterocycles. The van der Waals surface area contributed by atoms with E-state index < -0.39 is 0 Å². The van der Waals surface area contributed by atoms with E-state index in [4.69, 9.17) is 5.73 Å². The minimum Gasteiger partial charge on any atom is -0.320 e. The largest absolute Gasteiger partial charge is 0.320 e.